The maximum atomic E-state index is 12.7. The summed E-state index contributed by atoms with van der Waals surface area (Å²) in [6, 6.07) is 7.62. The minimum Gasteiger partial charge on any atom is -0.328 e. The number of nitrogens with zero attached hydrogens (tertiary/aromatic N) is 4. The van der Waals surface area contributed by atoms with Crippen molar-refractivity contribution in [2.75, 3.05) is 0 Å². The fourth-order valence-corrected chi connectivity index (χ4v) is 2.84. The molecule has 0 saturated carbocycles. The second-order valence-electron chi connectivity index (χ2n) is 5.52. The lowest BCUT2D eigenvalue weighted by atomic mass is 10.1. The van der Waals surface area contributed by atoms with Gasteiger partial charge in [-0.15, -0.1) is 0 Å². The first kappa shape index (κ1) is 12.9. The van der Waals surface area contributed by atoms with E-state index in [1.807, 2.05) is 31.2 Å². The SMILES string of the molecule is Cc1ccnc2ccc(C(=O)N3Cc4cncnc4C3)cc12. The Labute approximate surface area is 127 Å². The van der Waals surface area contributed by atoms with E-state index in [4.69, 9.17) is 0 Å². The Morgan fingerprint density at radius 2 is 2.09 bits per heavy atom. The minimum absolute atomic E-state index is 0.0168. The van der Waals surface area contributed by atoms with Crippen molar-refractivity contribution in [1.82, 2.24) is 19.9 Å². The van der Waals surface area contributed by atoms with Crippen molar-refractivity contribution in [3.63, 3.8) is 0 Å². The number of rotatable bonds is 1. The third-order valence-corrected chi connectivity index (χ3v) is 4.08. The number of aryl methyl sites for hydroxylation is 1. The molecule has 0 atom stereocenters. The van der Waals surface area contributed by atoms with Crippen molar-refractivity contribution in [3.8, 4) is 0 Å². The maximum Gasteiger partial charge on any atom is 0.254 e. The van der Waals surface area contributed by atoms with Gasteiger partial charge in [-0.2, -0.15) is 0 Å². The Balaban J connectivity index is 1.68. The van der Waals surface area contributed by atoms with Gasteiger partial charge in [0.25, 0.3) is 5.91 Å². The second-order valence-corrected chi connectivity index (χ2v) is 5.52. The Bertz CT molecular complexity index is 866. The first-order valence-corrected chi connectivity index (χ1v) is 7.15. The first-order valence-electron chi connectivity index (χ1n) is 7.15. The molecule has 3 aromatic rings. The van der Waals surface area contributed by atoms with Crippen LogP contribution in [0.1, 0.15) is 27.2 Å². The zero-order valence-corrected chi connectivity index (χ0v) is 12.2. The molecule has 3 heterocycles. The van der Waals surface area contributed by atoms with E-state index in [1.54, 1.807) is 17.3 Å². The van der Waals surface area contributed by atoms with E-state index in [-0.39, 0.29) is 5.91 Å². The minimum atomic E-state index is 0.0168. The van der Waals surface area contributed by atoms with Crippen LogP contribution in [0.3, 0.4) is 0 Å². The van der Waals surface area contributed by atoms with Gasteiger partial charge >= 0.3 is 0 Å². The highest BCUT2D eigenvalue weighted by atomic mass is 16.2. The Kier molecular flexibility index (Phi) is 2.85. The largest absolute Gasteiger partial charge is 0.328 e. The van der Waals surface area contributed by atoms with Crippen LogP contribution in [0.15, 0.2) is 43.0 Å². The van der Waals surface area contributed by atoms with Gasteiger partial charge in [0.1, 0.15) is 6.33 Å². The van der Waals surface area contributed by atoms with Crippen LogP contribution in [0, 0.1) is 6.92 Å². The number of fused-ring (bicyclic) bond motifs is 2. The highest BCUT2D eigenvalue weighted by molar-refractivity contribution is 5.98. The summed E-state index contributed by atoms with van der Waals surface area (Å²) in [5, 5.41) is 1.02. The topological polar surface area (TPSA) is 59.0 Å². The number of pyridine rings is 1. The van der Waals surface area contributed by atoms with Crippen LogP contribution in [0.25, 0.3) is 10.9 Å². The van der Waals surface area contributed by atoms with E-state index in [0.717, 1.165) is 27.7 Å². The molecular weight excluding hydrogens is 276 g/mol. The van der Waals surface area contributed by atoms with Crippen molar-refractivity contribution >= 4 is 16.8 Å². The number of benzene rings is 1. The molecule has 0 aliphatic carbocycles. The van der Waals surface area contributed by atoms with Crippen LogP contribution in [0.4, 0.5) is 0 Å². The summed E-state index contributed by atoms with van der Waals surface area (Å²) in [6.07, 6.45) is 5.09. The highest BCUT2D eigenvalue weighted by Gasteiger charge is 2.25. The van der Waals surface area contributed by atoms with Gasteiger partial charge in [-0.1, -0.05) is 0 Å². The number of hydrogen-bond acceptors (Lipinski definition) is 4. The number of aromatic nitrogens is 3. The predicted octanol–water partition coefficient (Wildman–Crippen LogP) is 2.49. The molecule has 5 heteroatoms. The van der Waals surface area contributed by atoms with Gasteiger partial charge < -0.3 is 4.90 Å². The maximum absolute atomic E-state index is 12.7. The molecule has 0 radical (unpaired) electrons. The summed E-state index contributed by atoms with van der Waals surface area (Å²) in [5.41, 5.74) is 4.67. The summed E-state index contributed by atoms with van der Waals surface area (Å²) in [6.45, 7) is 3.14. The molecular formula is C17H14N4O. The van der Waals surface area contributed by atoms with Crippen LogP contribution < -0.4 is 0 Å². The Morgan fingerprint density at radius 3 is 2.95 bits per heavy atom. The summed E-state index contributed by atoms with van der Waals surface area (Å²) in [7, 11) is 0. The predicted molar refractivity (Wildman–Crippen MR) is 82.1 cm³/mol. The molecule has 0 bridgehead atoms. The van der Waals surface area contributed by atoms with Crippen molar-refractivity contribution in [2.45, 2.75) is 20.0 Å². The zero-order chi connectivity index (χ0) is 15.1. The van der Waals surface area contributed by atoms with Gasteiger partial charge in [-0.25, -0.2) is 9.97 Å². The van der Waals surface area contributed by atoms with E-state index < -0.39 is 0 Å². The van der Waals surface area contributed by atoms with Gasteiger partial charge in [0.15, 0.2) is 0 Å². The lowest BCUT2D eigenvalue weighted by molar-refractivity contribution is 0.0750. The van der Waals surface area contributed by atoms with E-state index in [9.17, 15) is 4.79 Å². The molecule has 0 fully saturated rings. The van der Waals surface area contributed by atoms with Gasteiger partial charge in [0.2, 0.25) is 0 Å². The number of carbonyl (C=O) groups excluding carboxylic acids is 1. The highest BCUT2D eigenvalue weighted by Crippen LogP contribution is 2.23. The van der Waals surface area contributed by atoms with E-state index >= 15 is 0 Å². The lowest BCUT2D eigenvalue weighted by Crippen LogP contribution is -2.25. The molecule has 1 aliphatic heterocycles. The van der Waals surface area contributed by atoms with Crippen molar-refractivity contribution in [3.05, 3.63) is 65.4 Å². The smallest absolute Gasteiger partial charge is 0.254 e. The lowest BCUT2D eigenvalue weighted by Gasteiger charge is -2.15. The average Bonchev–Trinajstić information content (AvgIpc) is 2.98. The van der Waals surface area contributed by atoms with Crippen LogP contribution in [0.2, 0.25) is 0 Å². The molecule has 0 spiro atoms. The second kappa shape index (κ2) is 4.87. The number of amides is 1. The molecule has 0 unspecified atom stereocenters. The van der Waals surface area contributed by atoms with Gasteiger partial charge in [0, 0.05) is 35.5 Å². The molecule has 0 N–H and O–H groups in total. The fourth-order valence-electron chi connectivity index (χ4n) is 2.84. The first-order chi connectivity index (χ1) is 10.7. The van der Waals surface area contributed by atoms with Crippen molar-refractivity contribution in [1.29, 1.82) is 0 Å². The van der Waals surface area contributed by atoms with Gasteiger partial charge in [0.05, 0.1) is 17.8 Å². The van der Waals surface area contributed by atoms with E-state index in [0.29, 0.717) is 18.7 Å². The Hall–Kier alpha value is -2.82. The third kappa shape index (κ3) is 2.02. The van der Waals surface area contributed by atoms with Crippen LogP contribution >= 0.6 is 0 Å². The quantitative estimate of drug-likeness (QED) is 0.691. The molecule has 5 nitrogen and oxygen atoms in total. The molecule has 2 aromatic heterocycles. The molecule has 1 aliphatic rings. The standard InChI is InChI=1S/C17H14N4O/c1-11-4-5-19-15-3-2-12(6-14(11)15)17(22)21-8-13-7-18-10-20-16(13)9-21/h2-7,10H,8-9H2,1H3. The molecule has 108 valence electrons. The summed E-state index contributed by atoms with van der Waals surface area (Å²) >= 11 is 0. The summed E-state index contributed by atoms with van der Waals surface area (Å²) in [5.74, 6) is 0.0168. The summed E-state index contributed by atoms with van der Waals surface area (Å²) < 4.78 is 0. The van der Waals surface area contributed by atoms with Gasteiger partial charge in [-0.05, 0) is 36.8 Å². The normalized spacial score (nSPS) is 13.4. The number of carbonyl (C=O) groups is 1. The molecule has 4 rings (SSSR count). The molecule has 0 saturated heterocycles. The fraction of sp³-hybridized carbons (Fsp3) is 0.176. The number of hydrogen-bond donors (Lipinski definition) is 0. The van der Waals surface area contributed by atoms with Crippen LogP contribution in [-0.2, 0) is 13.1 Å². The molecule has 1 amide bonds. The van der Waals surface area contributed by atoms with Gasteiger partial charge in [-0.3, -0.25) is 9.78 Å². The zero-order valence-electron chi connectivity index (χ0n) is 12.2. The third-order valence-electron chi connectivity index (χ3n) is 4.08. The van der Waals surface area contributed by atoms with E-state index in [2.05, 4.69) is 15.0 Å². The molecule has 1 aromatic carbocycles. The van der Waals surface area contributed by atoms with Crippen molar-refractivity contribution in [2.24, 2.45) is 0 Å². The molecule has 22 heavy (non-hydrogen) atoms. The average molecular weight is 290 g/mol. The van der Waals surface area contributed by atoms with E-state index in [1.165, 1.54) is 6.33 Å². The monoisotopic (exact) mass is 290 g/mol. The van der Waals surface area contributed by atoms with Crippen LogP contribution in [-0.4, -0.2) is 25.8 Å². The van der Waals surface area contributed by atoms with Crippen molar-refractivity contribution < 1.29 is 4.79 Å². The van der Waals surface area contributed by atoms with Crippen LogP contribution in [0.5, 0.6) is 0 Å². The summed E-state index contributed by atoms with van der Waals surface area (Å²) in [4.78, 5) is 27.1. The Morgan fingerprint density at radius 1 is 1.18 bits per heavy atom.